The number of hydrogen-bond donors (Lipinski definition) is 2. The summed E-state index contributed by atoms with van der Waals surface area (Å²) in [6, 6.07) is 17.1. The number of amides is 2. The number of anilines is 2. The van der Waals surface area contributed by atoms with Crippen molar-refractivity contribution in [3.8, 4) is 5.75 Å². The second kappa shape index (κ2) is 11.7. The van der Waals surface area contributed by atoms with Crippen molar-refractivity contribution in [3.05, 3.63) is 82.9 Å². The summed E-state index contributed by atoms with van der Waals surface area (Å²) in [6.07, 6.45) is 2.47. The van der Waals surface area contributed by atoms with E-state index in [-0.39, 0.29) is 23.3 Å². The van der Waals surface area contributed by atoms with E-state index in [0.717, 1.165) is 42.6 Å². The largest absolute Gasteiger partial charge is 0.483 e. The second-order valence-corrected chi connectivity index (χ2v) is 11.3. The van der Waals surface area contributed by atoms with E-state index in [4.69, 9.17) is 4.74 Å². The van der Waals surface area contributed by atoms with Gasteiger partial charge in [-0.25, -0.2) is 8.42 Å². The molecule has 1 aliphatic rings. The Hall–Kier alpha value is -3.85. The van der Waals surface area contributed by atoms with Gasteiger partial charge in [0.05, 0.1) is 11.3 Å². The van der Waals surface area contributed by atoms with Crippen LogP contribution in [0.2, 0.25) is 0 Å². The van der Waals surface area contributed by atoms with Crippen LogP contribution < -0.4 is 14.8 Å². The maximum atomic E-state index is 12.8. The van der Waals surface area contributed by atoms with Gasteiger partial charge < -0.3 is 15.0 Å². The van der Waals surface area contributed by atoms with Crippen molar-refractivity contribution >= 4 is 33.2 Å². The quantitative estimate of drug-likeness (QED) is 0.417. The first kappa shape index (κ1) is 27.2. The van der Waals surface area contributed by atoms with Gasteiger partial charge in [-0.3, -0.25) is 14.3 Å². The van der Waals surface area contributed by atoms with Gasteiger partial charge in [0.1, 0.15) is 5.75 Å². The number of nitrogens with zero attached hydrogens (tertiary/aromatic N) is 1. The Balaban J connectivity index is 1.30. The number of benzene rings is 3. The average molecular weight is 536 g/mol. The molecule has 4 rings (SSSR count). The molecule has 200 valence electrons. The highest BCUT2D eigenvalue weighted by Gasteiger charge is 2.18. The molecule has 8 nitrogen and oxygen atoms in total. The van der Waals surface area contributed by atoms with Gasteiger partial charge in [0.25, 0.3) is 15.9 Å². The summed E-state index contributed by atoms with van der Waals surface area (Å²) >= 11 is 0. The number of carbonyl (C=O) groups is 2. The highest BCUT2D eigenvalue weighted by molar-refractivity contribution is 7.92. The van der Waals surface area contributed by atoms with Crippen molar-refractivity contribution in [1.29, 1.82) is 0 Å². The van der Waals surface area contributed by atoms with Crippen LogP contribution in [-0.2, 0) is 26.0 Å². The molecule has 2 amide bonds. The number of aryl methyl sites for hydroxylation is 3. The number of carbonyl (C=O) groups excluding carboxylic acids is 2. The highest BCUT2D eigenvalue weighted by Crippen LogP contribution is 2.24. The fraction of sp³-hybridized carbons (Fsp3) is 0.310. The predicted octanol–water partition coefficient (Wildman–Crippen LogP) is 4.60. The number of sulfonamides is 1. The number of likely N-dealkylation sites (tertiary alicyclic amines) is 1. The van der Waals surface area contributed by atoms with Crippen LogP contribution >= 0.6 is 0 Å². The van der Waals surface area contributed by atoms with E-state index in [1.165, 1.54) is 12.1 Å². The van der Waals surface area contributed by atoms with Crippen LogP contribution in [0.25, 0.3) is 0 Å². The van der Waals surface area contributed by atoms with Crippen molar-refractivity contribution in [2.24, 2.45) is 0 Å². The van der Waals surface area contributed by atoms with E-state index in [1.807, 2.05) is 36.9 Å². The van der Waals surface area contributed by atoms with Crippen molar-refractivity contribution in [2.75, 3.05) is 29.7 Å². The van der Waals surface area contributed by atoms with Crippen LogP contribution in [-0.4, -0.2) is 44.8 Å². The molecule has 3 aromatic carbocycles. The molecule has 0 radical (unpaired) electrons. The van der Waals surface area contributed by atoms with Crippen molar-refractivity contribution in [3.63, 3.8) is 0 Å². The maximum Gasteiger partial charge on any atom is 0.262 e. The standard InChI is InChI=1S/C29H33N3O5S/c1-20-6-9-25(16-21(20)2)31-38(35,36)26-12-13-27(22(3)17-26)37-19-28(33)30-24-10-7-23(8-11-24)18-29(34)32-14-4-5-15-32/h6-13,16-17,31H,4-5,14-15,18-19H2,1-3H3,(H,30,33). The summed E-state index contributed by atoms with van der Waals surface area (Å²) in [5.41, 5.74) is 4.66. The molecule has 0 atom stereocenters. The van der Waals surface area contributed by atoms with Crippen LogP contribution in [0.1, 0.15) is 35.1 Å². The Morgan fingerprint density at radius 2 is 1.53 bits per heavy atom. The summed E-state index contributed by atoms with van der Waals surface area (Å²) in [6.45, 7) is 7.04. The molecule has 2 N–H and O–H groups in total. The minimum Gasteiger partial charge on any atom is -0.483 e. The molecule has 0 aromatic heterocycles. The molecule has 9 heteroatoms. The minimum atomic E-state index is -3.78. The third-order valence-electron chi connectivity index (χ3n) is 6.63. The monoisotopic (exact) mass is 535 g/mol. The first-order valence-electron chi connectivity index (χ1n) is 12.6. The lowest BCUT2D eigenvalue weighted by Crippen LogP contribution is -2.29. The van der Waals surface area contributed by atoms with E-state index in [9.17, 15) is 18.0 Å². The lowest BCUT2D eigenvalue weighted by Gasteiger charge is -2.15. The zero-order valence-electron chi connectivity index (χ0n) is 21.9. The summed E-state index contributed by atoms with van der Waals surface area (Å²) in [5, 5.41) is 2.77. The fourth-order valence-electron chi connectivity index (χ4n) is 4.27. The highest BCUT2D eigenvalue weighted by atomic mass is 32.2. The molecule has 38 heavy (non-hydrogen) atoms. The van der Waals surface area contributed by atoms with Gasteiger partial charge in [0.2, 0.25) is 5.91 Å². The van der Waals surface area contributed by atoms with Crippen molar-refractivity contribution < 1.29 is 22.7 Å². The molecule has 1 aliphatic heterocycles. The number of ether oxygens (including phenoxy) is 1. The molecule has 0 saturated carbocycles. The van der Waals surface area contributed by atoms with Gasteiger partial charge in [-0.15, -0.1) is 0 Å². The molecule has 0 aliphatic carbocycles. The third-order valence-corrected chi connectivity index (χ3v) is 8.01. The molecule has 0 spiro atoms. The molecule has 3 aromatic rings. The second-order valence-electron chi connectivity index (χ2n) is 9.63. The summed E-state index contributed by atoms with van der Waals surface area (Å²) in [5.74, 6) is 0.197. The molecule has 1 fully saturated rings. The SMILES string of the molecule is Cc1ccc(NS(=O)(=O)c2ccc(OCC(=O)Nc3ccc(CC(=O)N4CCCC4)cc3)c(C)c2)cc1C. The normalized spacial score (nSPS) is 13.3. The molecule has 0 bridgehead atoms. The van der Waals surface area contributed by atoms with E-state index in [1.54, 1.807) is 37.3 Å². The summed E-state index contributed by atoms with van der Waals surface area (Å²) < 4.78 is 33.9. The molecular formula is C29H33N3O5S. The zero-order valence-corrected chi connectivity index (χ0v) is 22.7. The predicted molar refractivity (Wildman–Crippen MR) is 148 cm³/mol. The van der Waals surface area contributed by atoms with Crippen LogP contribution in [0.5, 0.6) is 5.75 Å². The van der Waals surface area contributed by atoms with Crippen molar-refractivity contribution in [2.45, 2.75) is 44.9 Å². The Morgan fingerprint density at radius 3 is 2.18 bits per heavy atom. The lowest BCUT2D eigenvalue weighted by molar-refractivity contribution is -0.129. The molecule has 1 saturated heterocycles. The van der Waals surface area contributed by atoms with Gasteiger partial charge in [0.15, 0.2) is 6.61 Å². The van der Waals surface area contributed by atoms with Gasteiger partial charge in [-0.2, -0.15) is 0 Å². The van der Waals surface area contributed by atoms with Crippen LogP contribution in [0.15, 0.2) is 65.6 Å². The Labute approximate surface area is 224 Å². The Bertz CT molecular complexity index is 1430. The molecule has 1 heterocycles. The summed E-state index contributed by atoms with van der Waals surface area (Å²) in [4.78, 5) is 26.7. The van der Waals surface area contributed by atoms with Crippen molar-refractivity contribution in [1.82, 2.24) is 4.90 Å². The van der Waals surface area contributed by atoms with E-state index >= 15 is 0 Å². The fourth-order valence-corrected chi connectivity index (χ4v) is 5.40. The number of hydrogen-bond acceptors (Lipinski definition) is 5. The first-order chi connectivity index (χ1) is 18.1. The Morgan fingerprint density at radius 1 is 0.842 bits per heavy atom. The van der Waals surface area contributed by atoms with Crippen LogP contribution in [0.3, 0.4) is 0 Å². The molecular weight excluding hydrogens is 502 g/mol. The van der Waals surface area contributed by atoms with Gasteiger partial charge >= 0.3 is 0 Å². The van der Waals surface area contributed by atoms with Gasteiger partial charge in [-0.1, -0.05) is 18.2 Å². The minimum absolute atomic E-state index is 0.105. The topological polar surface area (TPSA) is 105 Å². The van der Waals surface area contributed by atoms with Gasteiger partial charge in [-0.05, 0) is 98.3 Å². The van der Waals surface area contributed by atoms with E-state index < -0.39 is 10.0 Å². The number of nitrogens with one attached hydrogen (secondary N) is 2. The van der Waals surface area contributed by atoms with Gasteiger partial charge in [0, 0.05) is 24.5 Å². The maximum absolute atomic E-state index is 12.8. The average Bonchev–Trinajstić information content (AvgIpc) is 3.42. The lowest BCUT2D eigenvalue weighted by atomic mass is 10.1. The van der Waals surface area contributed by atoms with Crippen LogP contribution in [0, 0.1) is 20.8 Å². The Kier molecular flexibility index (Phi) is 8.36. The van der Waals surface area contributed by atoms with Crippen LogP contribution in [0.4, 0.5) is 11.4 Å². The van der Waals surface area contributed by atoms with E-state index in [2.05, 4.69) is 10.0 Å². The molecule has 0 unspecified atom stereocenters. The zero-order chi connectivity index (χ0) is 27.3. The first-order valence-corrected chi connectivity index (χ1v) is 14.1. The number of rotatable bonds is 9. The smallest absolute Gasteiger partial charge is 0.262 e. The third kappa shape index (κ3) is 6.92. The van der Waals surface area contributed by atoms with E-state index in [0.29, 0.717) is 29.1 Å². The summed E-state index contributed by atoms with van der Waals surface area (Å²) in [7, 11) is -3.78.